The van der Waals surface area contributed by atoms with Crippen molar-refractivity contribution in [1.82, 2.24) is 0 Å². The lowest BCUT2D eigenvalue weighted by Gasteiger charge is -2.35. The summed E-state index contributed by atoms with van der Waals surface area (Å²) in [7, 11) is 7.34. The molecule has 0 N–H and O–H groups in total. The van der Waals surface area contributed by atoms with E-state index in [1.165, 1.54) is 28.2 Å². The number of hydrogen-bond acceptors (Lipinski definition) is 3. The molecule has 3 aromatic carbocycles. The number of hydrogen-bond donors (Lipinski definition) is 0. The van der Waals surface area contributed by atoms with Crippen LogP contribution in [0.5, 0.6) is 0 Å². The maximum Gasteiger partial charge on any atom is 0.127 e. The maximum absolute atomic E-state index is 2.29. The predicted octanol–water partition coefficient (Wildman–Crippen LogP) is 3.89. The smallest absolute Gasteiger partial charge is 0.127 e. The van der Waals surface area contributed by atoms with Gasteiger partial charge in [-0.2, -0.15) is 0 Å². The second-order valence-electron chi connectivity index (χ2n) is 6.59. The Morgan fingerprint density at radius 1 is 0.519 bits per heavy atom. The zero-order chi connectivity index (χ0) is 19.2. The van der Waals surface area contributed by atoms with Crippen LogP contribution in [0.25, 0.3) is 0 Å². The molecule has 0 radical (unpaired) electrons. The van der Waals surface area contributed by atoms with Gasteiger partial charge < -0.3 is 14.7 Å². The van der Waals surface area contributed by atoms with Gasteiger partial charge in [0, 0.05) is 43.5 Å². The SMILES string of the molecule is CN(C([SiH3])=C(N(C)c1ccccc1)N(C)c1ccccc1)c1ccccc1. The molecule has 0 saturated heterocycles. The van der Waals surface area contributed by atoms with Crippen LogP contribution in [-0.4, -0.2) is 31.4 Å². The van der Waals surface area contributed by atoms with Crippen LogP contribution in [0.3, 0.4) is 0 Å². The van der Waals surface area contributed by atoms with Crippen LogP contribution in [0.1, 0.15) is 0 Å². The molecule has 0 fully saturated rings. The summed E-state index contributed by atoms with van der Waals surface area (Å²) in [5.74, 6) is 1.19. The average Bonchev–Trinajstić information content (AvgIpc) is 2.75. The monoisotopic (exact) mass is 373 g/mol. The van der Waals surface area contributed by atoms with Gasteiger partial charge in [-0.3, -0.25) is 0 Å². The van der Waals surface area contributed by atoms with Crippen LogP contribution in [0, 0.1) is 0 Å². The quantitative estimate of drug-likeness (QED) is 0.607. The molecule has 3 aromatic rings. The Bertz CT molecular complexity index is 832. The summed E-state index contributed by atoms with van der Waals surface area (Å²) < 4.78 is 0. The van der Waals surface area contributed by atoms with E-state index in [2.05, 4.69) is 127 Å². The Hall–Kier alpha value is -2.98. The lowest BCUT2D eigenvalue weighted by Crippen LogP contribution is -2.36. The molecule has 3 rings (SSSR count). The van der Waals surface area contributed by atoms with Gasteiger partial charge in [-0.05, 0) is 36.4 Å². The molecule has 0 aromatic heterocycles. The third-order valence-corrected chi connectivity index (χ3v) is 6.01. The maximum atomic E-state index is 2.29. The molecule has 0 aliphatic heterocycles. The molecule has 0 bridgehead atoms. The molecule has 0 unspecified atom stereocenters. The summed E-state index contributed by atoms with van der Waals surface area (Å²) in [6.07, 6.45) is 0. The first kappa shape index (κ1) is 18.8. The summed E-state index contributed by atoms with van der Waals surface area (Å²) >= 11 is 0. The molecule has 0 amide bonds. The Balaban J connectivity index is 2.08. The predicted molar refractivity (Wildman–Crippen MR) is 122 cm³/mol. The third kappa shape index (κ3) is 4.23. The minimum atomic E-state index is 0.911. The van der Waals surface area contributed by atoms with Gasteiger partial charge in [0.1, 0.15) is 5.82 Å². The average molecular weight is 374 g/mol. The standard InChI is InChI=1S/C23H27N3Si/c1-24(19-13-7-4-8-14-19)22(25(2)20-15-9-5-10-16-20)23(27)26(3)21-17-11-6-12-18-21/h4-18H,1-3,27H3. The van der Waals surface area contributed by atoms with Crippen molar-refractivity contribution < 1.29 is 0 Å². The van der Waals surface area contributed by atoms with Crippen LogP contribution < -0.4 is 14.7 Å². The molecule has 4 heteroatoms. The minimum Gasteiger partial charge on any atom is -0.350 e. The van der Waals surface area contributed by atoms with Crippen molar-refractivity contribution in [2.45, 2.75) is 0 Å². The highest BCUT2D eigenvalue weighted by molar-refractivity contribution is 6.24. The van der Waals surface area contributed by atoms with Crippen molar-refractivity contribution in [2.75, 3.05) is 35.8 Å². The van der Waals surface area contributed by atoms with Gasteiger partial charge >= 0.3 is 0 Å². The van der Waals surface area contributed by atoms with Crippen molar-refractivity contribution in [3.8, 4) is 0 Å². The molecule has 27 heavy (non-hydrogen) atoms. The molecule has 0 aliphatic carbocycles. The second kappa shape index (κ2) is 8.60. The van der Waals surface area contributed by atoms with Crippen LogP contribution in [0.4, 0.5) is 17.1 Å². The van der Waals surface area contributed by atoms with Gasteiger partial charge in [0.2, 0.25) is 0 Å². The largest absolute Gasteiger partial charge is 0.350 e. The molecule has 138 valence electrons. The summed E-state index contributed by atoms with van der Waals surface area (Å²) in [5.41, 5.74) is 3.54. The van der Waals surface area contributed by atoms with E-state index in [1.54, 1.807) is 0 Å². The van der Waals surface area contributed by atoms with E-state index in [9.17, 15) is 0 Å². The molecule has 0 atom stereocenters. The van der Waals surface area contributed by atoms with Crippen molar-refractivity contribution in [3.05, 3.63) is 102 Å². The van der Waals surface area contributed by atoms with Crippen molar-refractivity contribution in [1.29, 1.82) is 0 Å². The number of para-hydroxylation sites is 3. The molecule has 0 spiro atoms. The van der Waals surface area contributed by atoms with E-state index >= 15 is 0 Å². The van der Waals surface area contributed by atoms with Crippen LogP contribution in [0.15, 0.2) is 102 Å². The number of nitrogens with zero attached hydrogens (tertiary/aromatic N) is 3. The first-order valence-electron chi connectivity index (χ1n) is 9.17. The van der Waals surface area contributed by atoms with E-state index in [1.807, 2.05) is 0 Å². The fourth-order valence-electron chi connectivity index (χ4n) is 3.25. The van der Waals surface area contributed by atoms with Gasteiger partial charge in [0.15, 0.2) is 0 Å². The highest BCUT2D eigenvalue weighted by Gasteiger charge is 2.19. The Morgan fingerprint density at radius 3 is 1.15 bits per heavy atom. The molecule has 0 saturated carbocycles. The summed E-state index contributed by atoms with van der Waals surface area (Å²) in [6.45, 7) is 0. The van der Waals surface area contributed by atoms with Gasteiger partial charge in [-0.1, -0.05) is 54.6 Å². The zero-order valence-corrected chi connectivity index (χ0v) is 18.5. The molecule has 0 heterocycles. The molecule has 3 nitrogen and oxygen atoms in total. The van der Waals surface area contributed by atoms with Crippen LogP contribution in [-0.2, 0) is 0 Å². The topological polar surface area (TPSA) is 9.72 Å². The molecular weight excluding hydrogens is 346 g/mol. The Morgan fingerprint density at radius 2 is 0.815 bits per heavy atom. The third-order valence-electron chi connectivity index (χ3n) is 4.89. The highest BCUT2D eigenvalue weighted by atomic mass is 28.1. The van der Waals surface area contributed by atoms with Crippen LogP contribution in [0.2, 0.25) is 0 Å². The summed E-state index contributed by atoms with van der Waals surface area (Å²) in [5, 5.41) is 1.30. The summed E-state index contributed by atoms with van der Waals surface area (Å²) in [6, 6.07) is 31.6. The van der Waals surface area contributed by atoms with E-state index < -0.39 is 0 Å². The molecule has 0 aliphatic rings. The zero-order valence-electron chi connectivity index (χ0n) is 16.5. The first-order valence-corrected chi connectivity index (χ1v) is 10.2. The Kier molecular flexibility index (Phi) is 5.99. The van der Waals surface area contributed by atoms with Crippen molar-refractivity contribution in [2.24, 2.45) is 0 Å². The summed E-state index contributed by atoms with van der Waals surface area (Å²) in [4.78, 5) is 6.84. The highest BCUT2D eigenvalue weighted by Crippen LogP contribution is 2.27. The van der Waals surface area contributed by atoms with Crippen molar-refractivity contribution >= 4 is 27.3 Å². The van der Waals surface area contributed by atoms with E-state index in [4.69, 9.17) is 0 Å². The van der Waals surface area contributed by atoms with Crippen LogP contribution >= 0.6 is 0 Å². The van der Waals surface area contributed by atoms with Gasteiger partial charge in [0.05, 0.1) is 10.2 Å². The fourth-order valence-corrected chi connectivity index (χ4v) is 4.18. The molecular formula is C23H27N3Si. The second-order valence-corrected chi connectivity index (χ2v) is 7.54. The Labute approximate surface area is 165 Å². The van der Waals surface area contributed by atoms with E-state index in [-0.39, 0.29) is 0 Å². The number of rotatable bonds is 6. The van der Waals surface area contributed by atoms with Gasteiger partial charge in [0.25, 0.3) is 0 Å². The number of anilines is 3. The fraction of sp³-hybridized carbons (Fsp3) is 0.130. The van der Waals surface area contributed by atoms with Crippen molar-refractivity contribution in [3.63, 3.8) is 0 Å². The van der Waals surface area contributed by atoms with E-state index in [0.29, 0.717) is 0 Å². The normalized spacial score (nSPS) is 10.3. The van der Waals surface area contributed by atoms with E-state index in [0.717, 1.165) is 10.2 Å². The first-order chi connectivity index (χ1) is 13.1. The van der Waals surface area contributed by atoms with Gasteiger partial charge in [-0.15, -0.1) is 0 Å². The van der Waals surface area contributed by atoms with Gasteiger partial charge in [-0.25, -0.2) is 0 Å². The lowest BCUT2D eigenvalue weighted by molar-refractivity contribution is 0.945. The lowest BCUT2D eigenvalue weighted by atomic mass is 10.2. The number of benzene rings is 3. The minimum absolute atomic E-state index is 0.911.